The molecule has 2 saturated carbocycles. The first kappa shape index (κ1) is 21.3. The van der Waals surface area contributed by atoms with Crippen LogP contribution in [0.25, 0.3) is 0 Å². The zero-order chi connectivity index (χ0) is 17.0. The maximum absolute atomic E-state index is 11.4. The third kappa shape index (κ3) is 5.49. The molecule has 1 atom stereocenters. The van der Waals surface area contributed by atoms with Crippen LogP contribution in [0.2, 0.25) is 10.0 Å². The van der Waals surface area contributed by atoms with Gasteiger partial charge in [0.2, 0.25) is 0 Å². The fourth-order valence-electron chi connectivity index (χ4n) is 4.45. The van der Waals surface area contributed by atoms with E-state index in [1.807, 2.05) is 18.2 Å². The molecule has 0 aromatic heterocycles. The van der Waals surface area contributed by atoms with Crippen LogP contribution in [0.3, 0.4) is 0 Å². The predicted octanol–water partition coefficient (Wildman–Crippen LogP) is 6.12. The van der Waals surface area contributed by atoms with Gasteiger partial charge in [0.25, 0.3) is 0 Å². The Morgan fingerprint density at radius 1 is 1.00 bits per heavy atom. The van der Waals surface area contributed by atoms with Gasteiger partial charge in [-0.05, 0) is 43.4 Å². The molecule has 0 saturated heterocycles. The number of halogens is 3. The number of hydrogen-bond donors (Lipinski definition) is 2. The molecule has 5 heteroatoms. The predicted molar refractivity (Wildman–Crippen MR) is 109 cm³/mol. The first-order valence-corrected chi connectivity index (χ1v) is 10.2. The van der Waals surface area contributed by atoms with Crippen LogP contribution in [0.1, 0.15) is 75.7 Å². The topological polar surface area (TPSA) is 32.3 Å². The van der Waals surface area contributed by atoms with Gasteiger partial charge in [-0.15, -0.1) is 12.4 Å². The van der Waals surface area contributed by atoms with Crippen LogP contribution < -0.4 is 5.32 Å². The molecule has 2 nitrogen and oxygen atoms in total. The van der Waals surface area contributed by atoms with Gasteiger partial charge in [0.1, 0.15) is 0 Å². The standard InChI is InChI=1S/C20H29Cl2NO.ClH/c21-18-10-9-15(13-19(18)22)17(20(24)11-5-2-6-12-20)14-23-16-7-3-1-4-8-16;/h9-10,13,16-17,23-24H,1-8,11-12,14H2;1H. The summed E-state index contributed by atoms with van der Waals surface area (Å²) in [6, 6.07) is 6.44. The van der Waals surface area contributed by atoms with Gasteiger partial charge in [0.05, 0.1) is 15.6 Å². The summed E-state index contributed by atoms with van der Waals surface area (Å²) in [6.07, 6.45) is 11.7. The minimum Gasteiger partial charge on any atom is -0.389 e. The van der Waals surface area contributed by atoms with E-state index in [1.54, 1.807) is 0 Å². The van der Waals surface area contributed by atoms with Crippen molar-refractivity contribution in [3.8, 4) is 0 Å². The Labute approximate surface area is 168 Å². The second kappa shape index (κ2) is 9.80. The summed E-state index contributed by atoms with van der Waals surface area (Å²) in [4.78, 5) is 0. The second-order valence-electron chi connectivity index (χ2n) is 7.63. The van der Waals surface area contributed by atoms with Crippen molar-refractivity contribution in [2.24, 2.45) is 0 Å². The van der Waals surface area contributed by atoms with Crippen LogP contribution in [0, 0.1) is 0 Å². The van der Waals surface area contributed by atoms with Crippen molar-refractivity contribution in [2.45, 2.75) is 81.8 Å². The van der Waals surface area contributed by atoms with Crippen LogP contribution in [-0.4, -0.2) is 23.3 Å². The zero-order valence-corrected chi connectivity index (χ0v) is 17.1. The van der Waals surface area contributed by atoms with Crippen LogP contribution >= 0.6 is 35.6 Å². The number of hydrogen-bond acceptors (Lipinski definition) is 2. The van der Waals surface area contributed by atoms with Gasteiger partial charge >= 0.3 is 0 Å². The first-order chi connectivity index (χ1) is 11.6. The fourth-order valence-corrected chi connectivity index (χ4v) is 4.76. The summed E-state index contributed by atoms with van der Waals surface area (Å²) in [5.41, 5.74) is 0.481. The molecule has 3 rings (SSSR count). The molecule has 1 aromatic carbocycles. The van der Waals surface area contributed by atoms with E-state index in [2.05, 4.69) is 5.32 Å². The molecular formula is C20H30Cl3NO. The number of aliphatic hydroxyl groups is 1. The van der Waals surface area contributed by atoms with Crippen LogP contribution in [0.4, 0.5) is 0 Å². The molecule has 142 valence electrons. The second-order valence-corrected chi connectivity index (χ2v) is 8.45. The Hall–Kier alpha value is 0.01000. The van der Waals surface area contributed by atoms with Crippen molar-refractivity contribution < 1.29 is 5.11 Å². The number of nitrogens with one attached hydrogen (secondary N) is 1. The molecule has 25 heavy (non-hydrogen) atoms. The van der Waals surface area contributed by atoms with E-state index in [4.69, 9.17) is 23.2 Å². The van der Waals surface area contributed by atoms with Gasteiger partial charge in [-0.2, -0.15) is 0 Å². The third-order valence-corrected chi connectivity index (χ3v) is 6.67. The van der Waals surface area contributed by atoms with Gasteiger partial charge in [-0.25, -0.2) is 0 Å². The Balaban J connectivity index is 0.00000225. The fraction of sp³-hybridized carbons (Fsp3) is 0.700. The first-order valence-electron chi connectivity index (χ1n) is 9.49. The van der Waals surface area contributed by atoms with Gasteiger partial charge in [-0.3, -0.25) is 0 Å². The minimum absolute atomic E-state index is 0. The summed E-state index contributed by atoms with van der Waals surface area (Å²) >= 11 is 12.4. The number of benzene rings is 1. The highest BCUT2D eigenvalue weighted by Crippen LogP contribution is 2.41. The highest BCUT2D eigenvalue weighted by molar-refractivity contribution is 6.42. The summed E-state index contributed by atoms with van der Waals surface area (Å²) < 4.78 is 0. The summed E-state index contributed by atoms with van der Waals surface area (Å²) in [7, 11) is 0. The lowest BCUT2D eigenvalue weighted by Crippen LogP contribution is -2.45. The quantitative estimate of drug-likeness (QED) is 0.617. The van der Waals surface area contributed by atoms with E-state index >= 15 is 0 Å². The van der Waals surface area contributed by atoms with E-state index < -0.39 is 5.60 Å². The van der Waals surface area contributed by atoms with E-state index in [0.29, 0.717) is 16.1 Å². The van der Waals surface area contributed by atoms with Crippen molar-refractivity contribution in [1.82, 2.24) is 5.32 Å². The molecule has 1 aromatic rings. The van der Waals surface area contributed by atoms with Crippen LogP contribution in [-0.2, 0) is 0 Å². The molecule has 2 N–H and O–H groups in total. The Morgan fingerprint density at radius 3 is 2.28 bits per heavy atom. The largest absolute Gasteiger partial charge is 0.389 e. The summed E-state index contributed by atoms with van der Waals surface area (Å²) in [5.74, 6) is 0.0782. The zero-order valence-electron chi connectivity index (χ0n) is 14.8. The maximum Gasteiger partial charge on any atom is 0.0728 e. The lowest BCUT2D eigenvalue weighted by Gasteiger charge is -2.40. The monoisotopic (exact) mass is 405 g/mol. The third-order valence-electron chi connectivity index (χ3n) is 5.93. The Bertz CT molecular complexity index is 540. The summed E-state index contributed by atoms with van der Waals surface area (Å²) in [6.45, 7) is 0.819. The van der Waals surface area contributed by atoms with E-state index in [0.717, 1.165) is 37.8 Å². The van der Waals surface area contributed by atoms with Crippen LogP contribution in [0.5, 0.6) is 0 Å². The van der Waals surface area contributed by atoms with Crippen molar-refractivity contribution in [3.63, 3.8) is 0 Å². The van der Waals surface area contributed by atoms with Gasteiger partial charge in [0, 0.05) is 18.5 Å². The molecule has 0 spiro atoms. The average molecular weight is 407 g/mol. The molecule has 2 fully saturated rings. The molecule has 0 bridgehead atoms. The Kier molecular flexibility index (Phi) is 8.36. The minimum atomic E-state index is -0.628. The molecule has 0 aliphatic heterocycles. The average Bonchev–Trinajstić information content (AvgIpc) is 2.59. The van der Waals surface area contributed by atoms with Crippen LogP contribution in [0.15, 0.2) is 18.2 Å². The van der Waals surface area contributed by atoms with Crippen molar-refractivity contribution in [1.29, 1.82) is 0 Å². The van der Waals surface area contributed by atoms with E-state index in [9.17, 15) is 5.11 Å². The molecule has 0 radical (unpaired) electrons. The van der Waals surface area contributed by atoms with E-state index in [-0.39, 0.29) is 18.3 Å². The highest BCUT2D eigenvalue weighted by Gasteiger charge is 2.39. The van der Waals surface area contributed by atoms with Crippen molar-refractivity contribution in [3.05, 3.63) is 33.8 Å². The lowest BCUT2D eigenvalue weighted by atomic mass is 9.72. The van der Waals surface area contributed by atoms with Gasteiger partial charge in [0.15, 0.2) is 0 Å². The molecule has 2 aliphatic carbocycles. The normalized spacial score (nSPS) is 22.2. The van der Waals surface area contributed by atoms with Gasteiger partial charge < -0.3 is 10.4 Å². The lowest BCUT2D eigenvalue weighted by molar-refractivity contribution is -0.0223. The number of rotatable bonds is 5. The summed E-state index contributed by atoms with van der Waals surface area (Å²) in [5, 5.41) is 16.3. The van der Waals surface area contributed by atoms with Crippen molar-refractivity contribution in [2.75, 3.05) is 6.54 Å². The molecular weight excluding hydrogens is 377 g/mol. The highest BCUT2D eigenvalue weighted by atomic mass is 35.5. The SMILES string of the molecule is Cl.OC1(C(CNC2CCCCC2)c2ccc(Cl)c(Cl)c2)CCCCC1. The smallest absolute Gasteiger partial charge is 0.0728 e. The Morgan fingerprint density at radius 2 is 1.64 bits per heavy atom. The molecule has 0 amide bonds. The molecule has 0 heterocycles. The van der Waals surface area contributed by atoms with Crippen molar-refractivity contribution >= 4 is 35.6 Å². The maximum atomic E-state index is 11.4. The molecule has 2 aliphatic rings. The molecule has 1 unspecified atom stereocenters. The van der Waals surface area contributed by atoms with E-state index in [1.165, 1.54) is 38.5 Å². The van der Waals surface area contributed by atoms with Gasteiger partial charge in [-0.1, -0.05) is 67.8 Å².